The van der Waals surface area contributed by atoms with Gasteiger partial charge in [0.1, 0.15) is 0 Å². The average Bonchev–Trinajstić information content (AvgIpc) is 3.07. The first-order valence-corrected chi connectivity index (χ1v) is 6.51. The zero-order valence-corrected chi connectivity index (χ0v) is 12.2. The van der Waals surface area contributed by atoms with E-state index in [1.165, 1.54) is 0 Å². The van der Waals surface area contributed by atoms with Gasteiger partial charge in [0.05, 0.1) is 12.5 Å². The van der Waals surface area contributed by atoms with Crippen LogP contribution in [-0.4, -0.2) is 30.3 Å². The molecule has 3 N–H and O–H groups in total. The summed E-state index contributed by atoms with van der Waals surface area (Å²) in [5, 5.41) is 7.12. The largest absolute Gasteiger partial charge is 0.490 e. The Kier molecular flexibility index (Phi) is 6.06. The number of halogens is 5. The summed E-state index contributed by atoms with van der Waals surface area (Å²) in [6.45, 7) is 0.772. The average molecular weight is 341 g/mol. The molecule has 9 heteroatoms. The maximum atomic E-state index is 13.0. The van der Waals surface area contributed by atoms with E-state index in [2.05, 4.69) is 0 Å². The Morgan fingerprint density at radius 3 is 2.30 bits per heavy atom. The van der Waals surface area contributed by atoms with Crippen molar-refractivity contribution in [1.82, 2.24) is 0 Å². The molecular formula is C14H16F5NO3. The third-order valence-corrected chi connectivity index (χ3v) is 3.18. The molecule has 0 amide bonds. The van der Waals surface area contributed by atoms with Crippen LogP contribution in [0.15, 0.2) is 18.2 Å². The zero-order chi connectivity index (χ0) is 17.8. The monoisotopic (exact) mass is 341 g/mol. The molecular weight excluding hydrogens is 325 g/mol. The fraction of sp³-hybridized carbons (Fsp3) is 0.500. The van der Waals surface area contributed by atoms with Crippen LogP contribution in [0.25, 0.3) is 0 Å². The minimum absolute atomic E-state index is 0.0520. The number of carboxylic acids is 1. The number of methoxy groups -OCH3 is 1. The molecule has 0 heterocycles. The second-order valence-corrected chi connectivity index (χ2v) is 4.99. The maximum absolute atomic E-state index is 13.0. The van der Waals surface area contributed by atoms with Crippen LogP contribution in [0.3, 0.4) is 0 Å². The van der Waals surface area contributed by atoms with Crippen LogP contribution in [0, 0.1) is 0 Å². The van der Waals surface area contributed by atoms with Gasteiger partial charge in [-0.3, -0.25) is 0 Å². The SMILES string of the molecule is COCc1ccc(C2CC2(F)F)c(CN)c1.O=C(O)C(F)(F)F. The predicted octanol–water partition coefficient (Wildman–Crippen LogP) is 3.05. The van der Waals surface area contributed by atoms with Crippen molar-refractivity contribution in [2.45, 2.75) is 37.6 Å². The van der Waals surface area contributed by atoms with Crippen molar-refractivity contribution in [3.63, 3.8) is 0 Å². The van der Waals surface area contributed by atoms with Crippen LogP contribution in [0.5, 0.6) is 0 Å². The number of alkyl halides is 5. The molecule has 1 aliphatic carbocycles. The molecule has 1 aromatic carbocycles. The van der Waals surface area contributed by atoms with Gasteiger partial charge in [-0.1, -0.05) is 18.2 Å². The third kappa shape index (κ3) is 5.43. The van der Waals surface area contributed by atoms with Crippen molar-refractivity contribution >= 4 is 5.97 Å². The first-order chi connectivity index (χ1) is 10.5. The lowest BCUT2D eigenvalue weighted by Gasteiger charge is -2.09. The highest BCUT2D eigenvalue weighted by atomic mass is 19.4. The summed E-state index contributed by atoms with van der Waals surface area (Å²) in [6.07, 6.45) is -5.14. The van der Waals surface area contributed by atoms with Crippen LogP contribution in [0.4, 0.5) is 22.0 Å². The second kappa shape index (κ2) is 7.22. The molecule has 1 atom stereocenters. The molecule has 4 nitrogen and oxygen atoms in total. The molecule has 0 aliphatic heterocycles. The van der Waals surface area contributed by atoms with E-state index in [0.29, 0.717) is 18.7 Å². The second-order valence-electron chi connectivity index (χ2n) is 4.99. The number of nitrogens with two attached hydrogens (primary N) is 1. The van der Waals surface area contributed by atoms with Gasteiger partial charge in [0.25, 0.3) is 5.92 Å². The molecule has 23 heavy (non-hydrogen) atoms. The van der Waals surface area contributed by atoms with Gasteiger partial charge >= 0.3 is 12.1 Å². The van der Waals surface area contributed by atoms with Crippen LogP contribution in [-0.2, 0) is 22.7 Å². The summed E-state index contributed by atoms with van der Waals surface area (Å²) < 4.78 is 62.7. The Morgan fingerprint density at radius 2 is 1.96 bits per heavy atom. The van der Waals surface area contributed by atoms with E-state index in [0.717, 1.165) is 11.1 Å². The van der Waals surface area contributed by atoms with Gasteiger partial charge in [0.2, 0.25) is 0 Å². The quantitative estimate of drug-likeness (QED) is 0.826. The summed E-state index contributed by atoms with van der Waals surface area (Å²) in [6, 6.07) is 5.43. The molecule has 0 spiro atoms. The number of aliphatic carboxylic acids is 1. The Bertz CT molecular complexity index is 560. The van der Waals surface area contributed by atoms with Gasteiger partial charge < -0.3 is 15.6 Å². The van der Waals surface area contributed by atoms with Crippen molar-refractivity contribution < 1.29 is 36.6 Å². The van der Waals surface area contributed by atoms with E-state index in [4.69, 9.17) is 20.4 Å². The van der Waals surface area contributed by atoms with Gasteiger partial charge in [0.15, 0.2) is 0 Å². The molecule has 0 radical (unpaired) electrons. The van der Waals surface area contributed by atoms with E-state index in [9.17, 15) is 22.0 Å². The standard InChI is InChI=1S/C12H15F2NO.C2HF3O2/c1-16-7-8-2-3-10(9(4-8)6-15)11-5-12(11,13)14;3-2(4,5)1(6)7/h2-4,11H,5-7,15H2,1H3;(H,6,7). The molecule has 1 unspecified atom stereocenters. The molecule has 0 aromatic heterocycles. The maximum Gasteiger partial charge on any atom is 0.490 e. The van der Waals surface area contributed by atoms with Crippen LogP contribution >= 0.6 is 0 Å². The summed E-state index contributed by atoms with van der Waals surface area (Å²) in [4.78, 5) is 8.90. The van der Waals surface area contributed by atoms with Crippen molar-refractivity contribution in [3.05, 3.63) is 34.9 Å². The lowest BCUT2D eigenvalue weighted by atomic mass is 10.0. The fourth-order valence-electron chi connectivity index (χ4n) is 1.98. The summed E-state index contributed by atoms with van der Waals surface area (Å²) in [7, 11) is 1.60. The first-order valence-electron chi connectivity index (χ1n) is 6.51. The number of hydrogen-bond donors (Lipinski definition) is 2. The lowest BCUT2D eigenvalue weighted by molar-refractivity contribution is -0.192. The number of hydrogen-bond acceptors (Lipinski definition) is 3. The van der Waals surface area contributed by atoms with Gasteiger partial charge in [0, 0.05) is 20.1 Å². The van der Waals surface area contributed by atoms with Crippen molar-refractivity contribution in [2.24, 2.45) is 5.73 Å². The van der Waals surface area contributed by atoms with Crippen molar-refractivity contribution in [3.8, 4) is 0 Å². The summed E-state index contributed by atoms with van der Waals surface area (Å²) >= 11 is 0. The van der Waals surface area contributed by atoms with Crippen LogP contribution in [0.1, 0.15) is 29.0 Å². The van der Waals surface area contributed by atoms with Gasteiger partial charge in [-0.2, -0.15) is 13.2 Å². The van der Waals surface area contributed by atoms with E-state index >= 15 is 0 Å². The molecule has 130 valence electrons. The molecule has 2 rings (SSSR count). The topological polar surface area (TPSA) is 72.5 Å². The summed E-state index contributed by atoms with van der Waals surface area (Å²) in [5.41, 5.74) is 8.04. The highest BCUT2D eigenvalue weighted by Gasteiger charge is 2.58. The van der Waals surface area contributed by atoms with Gasteiger partial charge in [-0.15, -0.1) is 0 Å². The van der Waals surface area contributed by atoms with E-state index in [-0.39, 0.29) is 6.42 Å². The Balaban J connectivity index is 0.000000322. The number of rotatable bonds is 4. The minimum atomic E-state index is -5.08. The minimum Gasteiger partial charge on any atom is -0.475 e. The molecule has 1 saturated carbocycles. The fourth-order valence-corrected chi connectivity index (χ4v) is 1.98. The highest BCUT2D eigenvalue weighted by Crippen LogP contribution is 2.56. The van der Waals surface area contributed by atoms with Crippen LogP contribution in [0.2, 0.25) is 0 Å². The molecule has 1 fully saturated rings. The Hall–Kier alpha value is -1.74. The third-order valence-electron chi connectivity index (χ3n) is 3.18. The lowest BCUT2D eigenvalue weighted by Crippen LogP contribution is -2.21. The normalized spacial score (nSPS) is 18.8. The van der Waals surface area contributed by atoms with E-state index < -0.39 is 24.0 Å². The zero-order valence-electron chi connectivity index (χ0n) is 12.2. The molecule has 1 aliphatic rings. The number of carboxylic acid groups (broad SMARTS) is 1. The van der Waals surface area contributed by atoms with Gasteiger partial charge in [-0.05, 0) is 16.7 Å². The molecule has 0 saturated heterocycles. The highest BCUT2D eigenvalue weighted by molar-refractivity contribution is 5.73. The van der Waals surface area contributed by atoms with Crippen molar-refractivity contribution in [1.29, 1.82) is 0 Å². The predicted molar refractivity (Wildman–Crippen MR) is 71.0 cm³/mol. The Labute approximate surface area is 129 Å². The molecule has 1 aromatic rings. The van der Waals surface area contributed by atoms with Crippen LogP contribution < -0.4 is 5.73 Å². The number of carbonyl (C=O) groups is 1. The number of benzene rings is 1. The Morgan fingerprint density at radius 1 is 1.43 bits per heavy atom. The summed E-state index contributed by atoms with van der Waals surface area (Å²) in [5.74, 6) is -5.93. The van der Waals surface area contributed by atoms with Crippen molar-refractivity contribution in [2.75, 3.05) is 7.11 Å². The van der Waals surface area contributed by atoms with E-state index in [1.54, 1.807) is 13.2 Å². The van der Waals surface area contributed by atoms with Gasteiger partial charge in [-0.25, -0.2) is 13.6 Å². The van der Waals surface area contributed by atoms with E-state index in [1.807, 2.05) is 12.1 Å². The molecule has 0 bridgehead atoms. The first kappa shape index (κ1) is 19.3. The smallest absolute Gasteiger partial charge is 0.475 e. The number of ether oxygens (including phenoxy) is 1.